The van der Waals surface area contributed by atoms with Crippen molar-refractivity contribution < 1.29 is 19.1 Å². The molecule has 2 saturated heterocycles. The number of nitrogens with two attached hydrogens (primary N) is 1. The summed E-state index contributed by atoms with van der Waals surface area (Å²) in [5.41, 5.74) is 8.37. The molecule has 2 aliphatic heterocycles. The lowest BCUT2D eigenvalue weighted by Gasteiger charge is -2.34. The zero-order valence-electron chi connectivity index (χ0n) is 21.1. The summed E-state index contributed by atoms with van der Waals surface area (Å²) in [6, 6.07) is 5.71. The van der Waals surface area contributed by atoms with Gasteiger partial charge < -0.3 is 25.6 Å². The van der Waals surface area contributed by atoms with Crippen molar-refractivity contribution in [2.45, 2.75) is 64.5 Å². The fourth-order valence-corrected chi connectivity index (χ4v) is 4.45. The van der Waals surface area contributed by atoms with E-state index in [4.69, 9.17) is 10.5 Å². The molecule has 10 nitrogen and oxygen atoms in total. The lowest BCUT2D eigenvalue weighted by atomic mass is 10.0. The molecule has 2 aromatic heterocycles. The highest BCUT2D eigenvalue weighted by atomic mass is 16.6. The van der Waals surface area contributed by atoms with Crippen molar-refractivity contribution in [3.8, 4) is 0 Å². The molecule has 192 valence electrons. The number of likely N-dealkylation sites (tertiary alicyclic amines) is 1. The number of rotatable bonds is 6. The summed E-state index contributed by atoms with van der Waals surface area (Å²) in [6.07, 6.45) is 6.25. The van der Waals surface area contributed by atoms with Crippen LogP contribution in [0.1, 0.15) is 68.2 Å². The van der Waals surface area contributed by atoms with E-state index in [2.05, 4.69) is 15.3 Å². The maximum atomic E-state index is 12.3. The SMILES string of the molecule is CC(C)(C)OC(=O)N1CCC(Nc2cc(Cc3ccc(N4CCCC4=O)cn3)ncc2C(N)=O)CC1. The molecule has 0 bridgehead atoms. The third kappa shape index (κ3) is 6.30. The molecule has 0 saturated carbocycles. The predicted molar refractivity (Wildman–Crippen MR) is 136 cm³/mol. The molecule has 2 fully saturated rings. The van der Waals surface area contributed by atoms with Crippen molar-refractivity contribution in [1.82, 2.24) is 14.9 Å². The first-order chi connectivity index (χ1) is 17.1. The smallest absolute Gasteiger partial charge is 0.410 e. The highest BCUT2D eigenvalue weighted by Crippen LogP contribution is 2.24. The number of piperidine rings is 1. The zero-order valence-corrected chi connectivity index (χ0v) is 21.1. The second-order valence-electron chi connectivity index (χ2n) is 10.3. The fourth-order valence-electron chi connectivity index (χ4n) is 4.45. The van der Waals surface area contributed by atoms with Crippen LogP contribution in [0.5, 0.6) is 0 Å². The average molecular weight is 495 g/mol. The minimum atomic E-state index is -0.555. The number of anilines is 2. The number of carbonyl (C=O) groups is 3. The molecule has 0 unspecified atom stereocenters. The summed E-state index contributed by atoms with van der Waals surface area (Å²) < 4.78 is 5.47. The highest BCUT2D eigenvalue weighted by molar-refractivity contribution is 5.98. The molecular weight excluding hydrogens is 460 g/mol. The lowest BCUT2D eigenvalue weighted by molar-refractivity contribution is -0.117. The Kier molecular flexibility index (Phi) is 7.42. The second-order valence-corrected chi connectivity index (χ2v) is 10.3. The largest absolute Gasteiger partial charge is 0.444 e. The monoisotopic (exact) mass is 494 g/mol. The van der Waals surface area contributed by atoms with Gasteiger partial charge in [-0.1, -0.05) is 0 Å². The third-order valence-electron chi connectivity index (χ3n) is 6.29. The van der Waals surface area contributed by atoms with Crippen molar-refractivity contribution in [2.75, 3.05) is 29.9 Å². The summed E-state index contributed by atoms with van der Waals surface area (Å²) in [4.78, 5) is 48.7. The molecule has 0 spiro atoms. The molecular formula is C26H34N6O4. The first kappa shape index (κ1) is 25.4. The Hall–Kier alpha value is -3.69. The predicted octanol–water partition coefficient (Wildman–Crippen LogP) is 3.10. The number of ether oxygens (including phenoxy) is 1. The summed E-state index contributed by atoms with van der Waals surface area (Å²) in [5, 5.41) is 3.43. The van der Waals surface area contributed by atoms with E-state index in [0.29, 0.717) is 50.0 Å². The molecule has 4 rings (SSSR count). The lowest BCUT2D eigenvalue weighted by Crippen LogP contribution is -2.44. The summed E-state index contributed by atoms with van der Waals surface area (Å²) in [6.45, 7) is 7.40. The standard InChI is InChI=1S/C26H34N6O4/c1-26(2,3)36-25(35)31-11-8-17(9-12-31)30-22-14-19(29-16-21(22)24(27)34)13-18-6-7-20(15-28-18)32-10-4-5-23(32)33/h6-7,14-17H,4-5,8-13H2,1-3H3,(H2,27,34)(H,29,30). The Morgan fingerprint density at radius 3 is 2.42 bits per heavy atom. The van der Waals surface area contributed by atoms with Crippen molar-refractivity contribution >= 4 is 29.3 Å². The molecule has 0 aromatic carbocycles. The molecule has 2 aromatic rings. The normalized spacial score (nSPS) is 16.8. The van der Waals surface area contributed by atoms with Gasteiger partial charge in [0.15, 0.2) is 0 Å². The topological polar surface area (TPSA) is 131 Å². The molecule has 4 heterocycles. The first-order valence-corrected chi connectivity index (χ1v) is 12.4. The molecule has 36 heavy (non-hydrogen) atoms. The summed E-state index contributed by atoms with van der Waals surface area (Å²) in [7, 11) is 0. The van der Waals surface area contributed by atoms with Gasteiger partial charge in [0, 0.05) is 56.1 Å². The van der Waals surface area contributed by atoms with Crippen LogP contribution in [0.15, 0.2) is 30.6 Å². The van der Waals surface area contributed by atoms with Gasteiger partial charge in [-0.05, 0) is 58.2 Å². The second kappa shape index (κ2) is 10.5. The van der Waals surface area contributed by atoms with E-state index in [9.17, 15) is 14.4 Å². The quantitative estimate of drug-likeness (QED) is 0.631. The van der Waals surface area contributed by atoms with Gasteiger partial charge in [-0.2, -0.15) is 0 Å². The third-order valence-corrected chi connectivity index (χ3v) is 6.29. The van der Waals surface area contributed by atoms with E-state index >= 15 is 0 Å². The number of primary amides is 1. The highest BCUT2D eigenvalue weighted by Gasteiger charge is 2.27. The van der Waals surface area contributed by atoms with Gasteiger partial charge in [-0.3, -0.25) is 19.6 Å². The van der Waals surface area contributed by atoms with Crippen LogP contribution in [0, 0.1) is 0 Å². The van der Waals surface area contributed by atoms with E-state index in [0.717, 1.165) is 30.0 Å². The number of carbonyl (C=O) groups excluding carboxylic acids is 3. The first-order valence-electron chi connectivity index (χ1n) is 12.4. The summed E-state index contributed by atoms with van der Waals surface area (Å²) >= 11 is 0. The number of nitrogens with zero attached hydrogens (tertiary/aromatic N) is 4. The van der Waals surface area contributed by atoms with Crippen LogP contribution >= 0.6 is 0 Å². The Balaban J connectivity index is 1.40. The van der Waals surface area contributed by atoms with Gasteiger partial charge in [-0.25, -0.2) is 4.79 Å². The molecule has 0 aliphatic carbocycles. The molecule has 3 amide bonds. The maximum absolute atomic E-state index is 12.3. The molecule has 0 atom stereocenters. The van der Waals surface area contributed by atoms with Gasteiger partial charge in [-0.15, -0.1) is 0 Å². The molecule has 0 radical (unpaired) electrons. The fraction of sp³-hybridized carbons (Fsp3) is 0.500. The average Bonchev–Trinajstić information content (AvgIpc) is 3.25. The Labute approximate surface area is 211 Å². The number of nitrogens with one attached hydrogen (secondary N) is 1. The van der Waals surface area contributed by atoms with Crippen LogP contribution in [-0.2, 0) is 16.0 Å². The number of amides is 3. The number of hydrogen-bond acceptors (Lipinski definition) is 7. The van der Waals surface area contributed by atoms with E-state index in [1.165, 1.54) is 6.20 Å². The number of hydrogen-bond donors (Lipinski definition) is 2. The van der Waals surface area contributed by atoms with Crippen LogP contribution in [0.2, 0.25) is 0 Å². The molecule has 10 heteroatoms. The van der Waals surface area contributed by atoms with Crippen molar-refractivity contribution in [3.05, 3.63) is 47.5 Å². The van der Waals surface area contributed by atoms with Crippen molar-refractivity contribution in [1.29, 1.82) is 0 Å². The van der Waals surface area contributed by atoms with Crippen LogP contribution in [0.25, 0.3) is 0 Å². The van der Waals surface area contributed by atoms with Crippen LogP contribution < -0.4 is 16.0 Å². The van der Waals surface area contributed by atoms with Crippen LogP contribution in [0.4, 0.5) is 16.2 Å². The van der Waals surface area contributed by atoms with Gasteiger partial charge in [0.1, 0.15) is 5.60 Å². The van der Waals surface area contributed by atoms with Gasteiger partial charge in [0.05, 0.1) is 23.1 Å². The van der Waals surface area contributed by atoms with Crippen LogP contribution in [-0.4, -0.2) is 64.1 Å². The Morgan fingerprint density at radius 1 is 1.11 bits per heavy atom. The van der Waals surface area contributed by atoms with Gasteiger partial charge in [0.2, 0.25) is 5.91 Å². The maximum Gasteiger partial charge on any atom is 0.410 e. The van der Waals surface area contributed by atoms with E-state index < -0.39 is 11.5 Å². The van der Waals surface area contributed by atoms with Crippen molar-refractivity contribution in [3.63, 3.8) is 0 Å². The van der Waals surface area contributed by atoms with E-state index in [1.54, 1.807) is 16.0 Å². The van der Waals surface area contributed by atoms with E-state index in [1.807, 2.05) is 39.0 Å². The molecule has 3 N–H and O–H groups in total. The van der Waals surface area contributed by atoms with E-state index in [-0.39, 0.29) is 18.0 Å². The zero-order chi connectivity index (χ0) is 25.9. The summed E-state index contributed by atoms with van der Waals surface area (Å²) in [5.74, 6) is -0.429. The minimum absolute atomic E-state index is 0.0763. The van der Waals surface area contributed by atoms with Crippen molar-refractivity contribution in [2.24, 2.45) is 5.73 Å². The van der Waals surface area contributed by atoms with Gasteiger partial charge >= 0.3 is 6.09 Å². The molecule has 2 aliphatic rings. The Bertz CT molecular complexity index is 1120. The minimum Gasteiger partial charge on any atom is -0.444 e. The Morgan fingerprint density at radius 2 is 1.83 bits per heavy atom. The van der Waals surface area contributed by atoms with Crippen LogP contribution in [0.3, 0.4) is 0 Å². The number of aromatic nitrogens is 2. The van der Waals surface area contributed by atoms with Gasteiger partial charge in [0.25, 0.3) is 5.91 Å². The number of pyridine rings is 2.